The Morgan fingerprint density at radius 1 is 1.00 bits per heavy atom. The summed E-state index contributed by atoms with van der Waals surface area (Å²) in [6.45, 7) is 0.971. The predicted molar refractivity (Wildman–Crippen MR) is 99.4 cm³/mol. The number of likely N-dealkylation sites (tertiary alicyclic amines) is 2. The van der Waals surface area contributed by atoms with Crippen LogP contribution in [-0.2, 0) is 14.4 Å². The highest BCUT2D eigenvalue weighted by molar-refractivity contribution is 7.99. The smallest absolute Gasteiger partial charge is 0.233 e. The Kier molecular flexibility index (Phi) is 4.85. The molecule has 2 fully saturated rings. The summed E-state index contributed by atoms with van der Waals surface area (Å²) in [6.07, 6.45) is 5.80. The van der Waals surface area contributed by atoms with E-state index in [1.54, 1.807) is 16.7 Å². The number of fused-ring (bicyclic) bond motifs is 1. The topological polar surface area (TPSA) is 57.7 Å². The van der Waals surface area contributed by atoms with E-state index >= 15 is 0 Å². The quantitative estimate of drug-likeness (QED) is 0.453. The molecule has 2 atom stereocenters. The molecule has 1 aromatic rings. The minimum Gasteiger partial charge on any atom is -0.338 e. The Balaban J connectivity index is 1.25. The summed E-state index contributed by atoms with van der Waals surface area (Å²) >= 11 is 1.67. The first kappa shape index (κ1) is 17.3. The molecule has 0 saturated carbocycles. The van der Waals surface area contributed by atoms with E-state index in [-0.39, 0.29) is 35.6 Å². The maximum Gasteiger partial charge on any atom is 0.233 e. The molecule has 3 aliphatic rings. The van der Waals surface area contributed by atoms with Gasteiger partial charge < -0.3 is 4.90 Å². The highest BCUT2D eigenvalue weighted by Crippen LogP contribution is 2.37. The molecule has 2 heterocycles. The van der Waals surface area contributed by atoms with Crippen molar-refractivity contribution in [3.05, 3.63) is 42.5 Å². The Morgan fingerprint density at radius 3 is 2.23 bits per heavy atom. The number of carbonyl (C=O) groups is 3. The van der Waals surface area contributed by atoms with E-state index in [1.807, 2.05) is 42.5 Å². The van der Waals surface area contributed by atoms with Gasteiger partial charge in [-0.2, -0.15) is 0 Å². The van der Waals surface area contributed by atoms with Gasteiger partial charge in [-0.05, 0) is 25.0 Å². The largest absolute Gasteiger partial charge is 0.338 e. The van der Waals surface area contributed by atoms with Gasteiger partial charge in [0.1, 0.15) is 0 Å². The standard InChI is InChI=1S/C20H22N2O3S/c23-18(10-11-26-15-6-2-1-3-7-15)21-12-14(13-21)22-19(24)16-8-4-5-9-17(16)20(22)25/h1-7,14,16-17H,8-13H2. The zero-order valence-corrected chi connectivity index (χ0v) is 15.4. The third kappa shape index (κ3) is 3.18. The molecule has 0 spiro atoms. The maximum absolute atomic E-state index is 12.6. The molecule has 6 heteroatoms. The van der Waals surface area contributed by atoms with Crippen LogP contribution in [0, 0.1) is 11.8 Å². The van der Waals surface area contributed by atoms with E-state index < -0.39 is 0 Å². The summed E-state index contributed by atoms with van der Waals surface area (Å²) in [4.78, 5) is 41.8. The first-order valence-corrected chi connectivity index (χ1v) is 10.1. The lowest BCUT2D eigenvalue weighted by molar-refractivity contribution is -0.152. The molecule has 0 radical (unpaired) electrons. The van der Waals surface area contributed by atoms with Crippen molar-refractivity contribution in [1.29, 1.82) is 0 Å². The van der Waals surface area contributed by atoms with Gasteiger partial charge in [-0.25, -0.2) is 0 Å². The van der Waals surface area contributed by atoms with Gasteiger partial charge in [0, 0.05) is 30.2 Å². The second-order valence-corrected chi connectivity index (χ2v) is 8.23. The highest BCUT2D eigenvalue weighted by atomic mass is 32.2. The second-order valence-electron chi connectivity index (χ2n) is 7.07. The van der Waals surface area contributed by atoms with Gasteiger partial charge in [0.25, 0.3) is 0 Å². The average molecular weight is 370 g/mol. The summed E-state index contributed by atoms with van der Waals surface area (Å²) < 4.78 is 0. The molecular weight excluding hydrogens is 348 g/mol. The Hall–Kier alpha value is -2.08. The number of imide groups is 1. The van der Waals surface area contributed by atoms with Crippen molar-refractivity contribution < 1.29 is 14.4 Å². The van der Waals surface area contributed by atoms with Crippen LogP contribution >= 0.6 is 11.8 Å². The average Bonchev–Trinajstić information content (AvgIpc) is 2.87. The minimum atomic E-state index is -0.181. The van der Waals surface area contributed by atoms with Crippen LogP contribution < -0.4 is 0 Å². The molecular formula is C20H22N2O3S. The fourth-order valence-electron chi connectivity index (χ4n) is 3.94. The van der Waals surface area contributed by atoms with Gasteiger partial charge in [-0.3, -0.25) is 19.3 Å². The third-order valence-corrected chi connectivity index (χ3v) is 6.46. The van der Waals surface area contributed by atoms with Crippen LogP contribution in [0.25, 0.3) is 0 Å². The van der Waals surface area contributed by atoms with E-state index in [2.05, 4.69) is 0 Å². The maximum atomic E-state index is 12.6. The lowest BCUT2D eigenvalue weighted by Crippen LogP contribution is -2.62. The second kappa shape index (κ2) is 7.27. The molecule has 2 unspecified atom stereocenters. The molecule has 136 valence electrons. The molecule has 2 saturated heterocycles. The SMILES string of the molecule is O=C(CCSc1ccccc1)N1CC(N2C(=O)C3CC=CCC3C2=O)C1. The van der Waals surface area contributed by atoms with Gasteiger partial charge in [0.05, 0.1) is 17.9 Å². The molecule has 5 nitrogen and oxygen atoms in total. The number of hydrogen-bond donors (Lipinski definition) is 0. The summed E-state index contributed by atoms with van der Waals surface area (Å²) in [5, 5.41) is 0. The van der Waals surface area contributed by atoms with E-state index in [9.17, 15) is 14.4 Å². The van der Waals surface area contributed by atoms with E-state index in [0.717, 1.165) is 10.6 Å². The van der Waals surface area contributed by atoms with Crippen molar-refractivity contribution in [1.82, 2.24) is 9.80 Å². The third-order valence-electron chi connectivity index (χ3n) is 5.45. The van der Waals surface area contributed by atoms with E-state index in [4.69, 9.17) is 0 Å². The zero-order valence-electron chi connectivity index (χ0n) is 14.5. The monoisotopic (exact) mass is 370 g/mol. The number of rotatable bonds is 5. The normalized spacial score (nSPS) is 25.4. The van der Waals surface area contributed by atoms with Gasteiger partial charge >= 0.3 is 0 Å². The van der Waals surface area contributed by atoms with Crippen molar-refractivity contribution >= 4 is 29.5 Å². The Bertz CT molecular complexity index is 717. The highest BCUT2D eigenvalue weighted by Gasteiger charge is 2.52. The molecule has 0 bridgehead atoms. The van der Waals surface area contributed by atoms with Gasteiger partial charge in [0.2, 0.25) is 17.7 Å². The fraction of sp³-hybridized carbons (Fsp3) is 0.450. The molecule has 26 heavy (non-hydrogen) atoms. The van der Waals surface area contributed by atoms with Crippen molar-refractivity contribution in [2.75, 3.05) is 18.8 Å². The minimum absolute atomic E-state index is 0.0407. The lowest BCUT2D eigenvalue weighted by atomic mass is 9.85. The molecule has 4 rings (SSSR count). The molecule has 0 N–H and O–H groups in total. The first-order chi connectivity index (χ1) is 12.6. The molecule has 0 aromatic heterocycles. The summed E-state index contributed by atoms with van der Waals surface area (Å²) in [5.41, 5.74) is 0. The van der Waals surface area contributed by atoms with Crippen molar-refractivity contribution in [3.63, 3.8) is 0 Å². The lowest BCUT2D eigenvalue weighted by Gasteiger charge is -2.43. The fourth-order valence-corrected chi connectivity index (χ4v) is 4.80. The van der Waals surface area contributed by atoms with Crippen LogP contribution in [0.5, 0.6) is 0 Å². The summed E-state index contributed by atoms with van der Waals surface area (Å²) in [7, 11) is 0. The predicted octanol–water partition coefficient (Wildman–Crippen LogP) is 2.33. The number of thioether (sulfide) groups is 1. The number of benzene rings is 1. The molecule has 1 aliphatic carbocycles. The number of nitrogens with zero attached hydrogens (tertiary/aromatic N) is 2. The van der Waals surface area contributed by atoms with Crippen LogP contribution in [0.2, 0.25) is 0 Å². The van der Waals surface area contributed by atoms with Gasteiger partial charge in [-0.1, -0.05) is 30.4 Å². The van der Waals surface area contributed by atoms with E-state index in [1.165, 1.54) is 4.90 Å². The van der Waals surface area contributed by atoms with Crippen LogP contribution in [0.4, 0.5) is 0 Å². The molecule has 2 aliphatic heterocycles. The first-order valence-electron chi connectivity index (χ1n) is 9.12. The summed E-state index contributed by atoms with van der Waals surface area (Å²) in [5.74, 6) is 0.394. The molecule has 1 aromatic carbocycles. The molecule has 3 amide bonds. The van der Waals surface area contributed by atoms with Crippen molar-refractivity contribution in [2.24, 2.45) is 11.8 Å². The van der Waals surface area contributed by atoms with Gasteiger partial charge in [-0.15, -0.1) is 11.8 Å². The van der Waals surface area contributed by atoms with E-state index in [0.29, 0.717) is 32.4 Å². The number of allylic oxidation sites excluding steroid dienone is 2. The van der Waals surface area contributed by atoms with Crippen molar-refractivity contribution in [3.8, 4) is 0 Å². The van der Waals surface area contributed by atoms with Crippen LogP contribution in [-0.4, -0.2) is 52.4 Å². The van der Waals surface area contributed by atoms with Crippen LogP contribution in [0.3, 0.4) is 0 Å². The summed E-state index contributed by atoms with van der Waals surface area (Å²) in [6, 6.07) is 9.89. The zero-order chi connectivity index (χ0) is 18.1. The Labute approximate surface area is 157 Å². The Morgan fingerprint density at radius 2 is 1.62 bits per heavy atom. The van der Waals surface area contributed by atoms with Crippen molar-refractivity contribution in [2.45, 2.75) is 30.2 Å². The van der Waals surface area contributed by atoms with Crippen LogP contribution in [0.15, 0.2) is 47.4 Å². The number of amides is 3. The van der Waals surface area contributed by atoms with Crippen LogP contribution in [0.1, 0.15) is 19.3 Å². The van der Waals surface area contributed by atoms with Gasteiger partial charge in [0.15, 0.2) is 0 Å². The number of carbonyl (C=O) groups excluding carboxylic acids is 3. The number of hydrogen-bond acceptors (Lipinski definition) is 4.